The number of non-ortho nitro benzene ring substituents is 1. The lowest BCUT2D eigenvalue weighted by Gasteiger charge is -2.28. The van der Waals surface area contributed by atoms with Crippen molar-refractivity contribution >= 4 is 17.6 Å². The van der Waals surface area contributed by atoms with Gasteiger partial charge in [-0.2, -0.15) is 0 Å². The third kappa shape index (κ3) is 3.36. The van der Waals surface area contributed by atoms with Crippen LogP contribution < -0.4 is 0 Å². The van der Waals surface area contributed by atoms with Crippen LogP contribution in [0.5, 0.6) is 0 Å². The summed E-state index contributed by atoms with van der Waals surface area (Å²) in [7, 11) is 1.32. The Morgan fingerprint density at radius 2 is 2.24 bits per heavy atom. The summed E-state index contributed by atoms with van der Waals surface area (Å²) in [4.78, 5) is 35.3. The number of carbonyl (C=O) groups excluding carboxylic acids is 2. The molecule has 1 aromatic carbocycles. The SMILES string of the molecule is COC(=O)CCCN1CCc2ccc([N+](=O)[O-])cc2C1=O. The highest BCUT2D eigenvalue weighted by molar-refractivity contribution is 5.97. The molecule has 0 aliphatic carbocycles. The molecule has 1 amide bonds. The molecule has 1 aliphatic rings. The lowest BCUT2D eigenvalue weighted by atomic mass is 9.98. The van der Waals surface area contributed by atoms with E-state index in [0.717, 1.165) is 5.56 Å². The molecule has 0 aromatic heterocycles. The number of benzene rings is 1. The average Bonchev–Trinajstić information content (AvgIpc) is 2.49. The second kappa shape index (κ2) is 6.34. The Bertz CT molecular complexity index is 585. The normalized spacial score (nSPS) is 13.8. The third-order valence-corrected chi connectivity index (χ3v) is 3.51. The number of hydrogen-bond acceptors (Lipinski definition) is 5. The molecule has 7 nitrogen and oxygen atoms in total. The summed E-state index contributed by atoms with van der Waals surface area (Å²) in [6, 6.07) is 4.38. The van der Waals surface area contributed by atoms with Crippen LogP contribution in [0, 0.1) is 10.1 Å². The number of nitro benzene ring substituents is 1. The first-order valence-corrected chi connectivity index (χ1v) is 6.66. The van der Waals surface area contributed by atoms with Crippen molar-refractivity contribution in [3.8, 4) is 0 Å². The topological polar surface area (TPSA) is 89.8 Å². The van der Waals surface area contributed by atoms with Gasteiger partial charge in [0.15, 0.2) is 0 Å². The van der Waals surface area contributed by atoms with E-state index >= 15 is 0 Å². The van der Waals surface area contributed by atoms with Crippen molar-refractivity contribution in [2.75, 3.05) is 20.2 Å². The van der Waals surface area contributed by atoms with Gasteiger partial charge < -0.3 is 9.64 Å². The minimum Gasteiger partial charge on any atom is -0.469 e. The molecule has 1 aromatic rings. The van der Waals surface area contributed by atoms with Gasteiger partial charge in [0.05, 0.1) is 12.0 Å². The lowest BCUT2D eigenvalue weighted by Crippen LogP contribution is -2.38. The predicted octanol–water partition coefficient (Wildman–Crippen LogP) is 1.55. The molecule has 0 spiro atoms. The van der Waals surface area contributed by atoms with Gasteiger partial charge in [0.25, 0.3) is 11.6 Å². The van der Waals surface area contributed by atoms with Crippen molar-refractivity contribution in [1.82, 2.24) is 4.90 Å². The predicted molar refractivity (Wildman–Crippen MR) is 74.0 cm³/mol. The van der Waals surface area contributed by atoms with Gasteiger partial charge in [0.2, 0.25) is 0 Å². The monoisotopic (exact) mass is 292 g/mol. The smallest absolute Gasteiger partial charge is 0.305 e. The largest absolute Gasteiger partial charge is 0.469 e. The number of rotatable bonds is 5. The van der Waals surface area contributed by atoms with E-state index in [-0.39, 0.29) is 24.0 Å². The quantitative estimate of drug-likeness (QED) is 0.466. The van der Waals surface area contributed by atoms with Crippen LogP contribution in [0.25, 0.3) is 0 Å². The van der Waals surface area contributed by atoms with Crippen molar-refractivity contribution < 1.29 is 19.2 Å². The van der Waals surface area contributed by atoms with Gasteiger partial charge >= 0.3 is 5.97 Å². The van der Waals surface area contributed by atoms with E-state index in [2.05, 4.69) is 4.74 Å². The van der Waals surface area contributed by atoms with Crippen LogP contribution in [0.3, 0.4) is 0 Å². The van der Waals surface area contributed by atoms with Crippen LogP contribution in [0.2, 0.25) is 0 Å². The van der Waals surface area contributed by atoms with Crippen molar-refractivity contribution in [3.63, 3.8) is 0 Å². The fourth-order valence-electron chi connectivity index (χ4n) is 2.35. The van der Waals surface area contributed by atoms with Crippen LogP contribution in [0.4, 0.5) is 5.69 Å². The first-order chi connectivity index (χ1) is 10.0. The number of hydrogen-bond donors (Lipinski definition) is 0. The first-order valence-electron chi connectivity index (χ1n) is 6.66. The summed E-state index contributed by atoms with van der Waals surface area (Å²) in [5.41, 5.74) is 1.13. The molecule has 0 unspecified atom stereocenters. The lowest BCUT2D eigenvalue weighted by molar-refractivity contribution is -0.384. The van der Waals surface area contributed by atoms with Gasteiger partial charge in [0, 0.05) is 37.2 Å². The Kier molecular flexibility index (Phi) is 4.52. The molecule has 7 heteroatoms. The van der Waals surface area contributed by atoms with Gasteiger partial charge in [-0.05, 0) is 18.4 Å². The van der Waals surface area contributed by atoms with Gasteiger partial charge in [-0.15, -0.1) is 0 Å². The minimum absolute atomic E-state index is 0.0847. The van der Waals surface area contributed by atoms with Crippen LogP contribution in [0.15, 0.2) is 18.2 Å². The number of methoxy groups -OCH3 is 1. The molecule has 0 radical (unpaired) electrons. The molecule has 2 rings (SSSR count). The fourth-order valence-corrected chi connectivity index (χ4v) is 2.35. The summed E-state index contributed by atoms with van der Waals surface area (Å²) in [5, 5.41) is 10.8. The zero-order chi connectivity index (χ0) is 15.4. The second-order valence-corrected chi connectivity index (χ2v) is 4.82. The van der Waals surface area contributed by atoms with E-state index in [1.165, 1.54) is 19.2 Å². The van der Waals surface area contributed by atoms with Gasteiger partial charge in [-0.3, -0.25) is 19.7 Å². The molecule has 0 N–H and O–H groups in total. The number of amides is 1. The Balaban J connectivity index is 2.06. The number of esters is 1. The van der Waals surface area contributed by atoms with E-state index < -0.39 is 4.92 Å². The van der Waals surface area contributed by atoms with E-state index in [9.17, 15) is 19.7 Å². The highest BCUT2D eigenvalue weighted by Crippen LogP contribution is 2.24. The summed E-state index contributed by atoms with van der Waals surface area (Å²) in [6.07, 6.45) is 1.43. The van der Waals surface area contributed by atoms with E-state index in [4.69, 9.17) is 0 Å². The Hall–Kier alpha value is -2.44. The molecule has 1 heterocycles. The maximum absolute atomic E-state index is 12.3. The summed E-state index contributed by atoms with van der Waals surface area (Å²) in [5.74, 6) is -0.527. The Morgan fingerprint density at radius 1 is 1.48 bits per heavy atom. The molecule has 1 aliphatic heterocycles. The third-order valence-electron chi connectivity index (χ3n) is 3.51. The molecule has 0 bridgehead atoms. The van der Waals surface area contributed by atoms with Crippen LogP contribution in [-0.2, 0) is 16.0 Å². The molecule has 21 heavy (non-hydrogen) atoms. The van der Waals surface area contributed by atoms with E-state index in [0.29, 0.717) is 31.5 Å². The Labute approximate surface area is 121 Å². The summed E-state index contributed by atoms with van der Waals surface area (Å²) in [6.45, 7) is 1.00. The van der Waals surface area contributed by atoms with Crippen LogP contribution >= 0.6 is 0 Å². The van der Waals surface area contributed by atoms with Gasteiger partial charge in [-0.25, -0.2) is 0 Å². The van der Waals surface area contributed by atoms with Gasteiger partial charge in [0.1, 0.15) is 0 Å². The van der Waals surface area contributed by atoms with Crippen molar-refractivity contribution in [3.05, 3.63) is 39.4 Å². The second-order valence-electron chi connectivity index (χ2n) is 4.82. The number of ether oxygens (including phenoxy) is 1. The summed E-state index contributed by atoms with van der Waals surface area (Å²) >= 11 is 0. The number of nitrogens with zero attached hydrogens (tertiary/aromatic N) is 2. The molecule has 0 saturated heterocycles. The average molecular weight is 292 g/mol. The Morgan fingerprint density at radius 3 is 2.90 bits per heavy atom. The number of fused-ring (bicyclic) bond motifs is 1. The van der Waals surface area contributed by atoms with Crippen molar-refractivity contribution in [2.45, 2.75) is 19.3 Å². The molecule has 0 atom stereocenters. The van der Waals surface area contributed by atoms with E-state index in [1.54, 1.807) is 11.0 Å². The zero-order valence-electron chi connectivity index (χ0n) is 11.7. The highest BCUT2D eigenvalue weighted by atomic mass is 16.6. The van der Waals surface area contributed by atoms with E-state index in [1.807, 2.05) is 0 Å². The molecular formula is C14H16N2O5. The highest BCUT2D eigenvalue weighted by Gasteiger charge is 2.26. The zero-order valence-corrected chi connectivity index (χ0v) is 11.7. The van der Waals surface area contributed by atoms with Crippen LogP contribution in [0.1, 0.15) is 28.8 Å². The summed E-state index contributed by atoms with van der Waals surface area (Å²) < 4.78 is 4.55. The molecular weight excluding hydrogens is 276 g/mol. The maximum Gasteiger partial charge on any atom is 0.305 e. The fraction of sp³-hybridized carbons (Fsp3) is 0.429. The first kappa shape index (κ1) is 15.0. The standard InChI is InChI=1S/C14H16N2O5/c1-21-13(17)3-2-7-15-8-6-10-4-5-11(16(19)20)9-12(10)14(15)18/h4-5,9H,2-3,6-8H2,1H3. The van der Waals surface area contributed by atoms with Crippen molar-refractivity contribution in [2.24, 2.45) is 0 Å². The number of carbonyl (C=O) groups is 2. The number of nitro groups is 1. The molecule has 0 saturated carbocycles. The minimum atomic E-state index is -0.510. The van der Waals surface area contributed by atoms with Gasteiger partial charge in [-0.1, -0.05) is 6.07 Å². The van der Waals surface area contributed by atoms with Crippen LogP contribution in [-0.4, -0.2) is 41.9 Å². The molecule has 0 fully saturated rings. The molecule has 112 valence electrons. The maximum atomic E-state index is 12.3. The van der Waals surface area contributed by atoms with Crippen molar-refractivity contribution in [1.29, 1.82) is 0 Å².